The molecule has 0 aromatic heterocycles. The van der Waals surface area contributed by atoms with Crippen LogP contribution >= 0.6 is 0 Å². The van der Waals surface area contributed by atoms with Gasteiger partial charge in [-0.2, -0.15) is 13.2 Å². The van der Waals surface area contributed by atoms with E-state index in [2.05, 4.69) is 4.74 Å². The average molecular weight is 243 g/mol. The zero-order valence-electron chi connectivity index (χ0n) is 9.76. The van der Waals surface area contributed by atoms with E-state index in [-0.39, 0.29) is 19.3 Å². The number of hydrogen-bond acceptors (Lipinski definition) is 3. The number of halogens is 3. The minimum atomic E-state index is -4.26. The van der Waals surface area contributed by atoms with Gasteiger partial charge in [0.1, 0.15) is 6.61 Å². The molecule has 0 amide bonds. The molecule has 0 bridgehead atoms. The van der Waals surface area contributed by atoms with Crippen LogP contribution in [0.5, 0.6) is 0 Å². The first kappa shape index (κ1) is 15.7. The van der Waals surface area contributed by atoms with Gasteiger partial charge in [-0.15, -0.1) is 0 Å². The van der Waals surface area contributed by atoms with Gasteiger partial charge in [0.15, 0.2) is 0 Å². The van der Waals surface area contributed by atoms with Gasteiger partial charge in [0.05, 0.1) is 6.61 Å². The number of nitrogens with zero attached hydrogens (tertiary/aromatic N) is 1. The fourth-order valence-electron chi connectivity index (χ4n) is 1.27. The van der Waals surface area contributed by atoms with E-state index < -0.39 is 12.8 Å². The average Bonchev–Trinajstić information content (AvgIpc) is 2.14. The summed E-state index contributed by atoms with van der Waals surface area (Å²) in [6.45, 7) is 3.99. The molecule has 3 nitrogen and oxygen atoms in total. The van der Waals surface area contributed by atoms with Gasteiger partial charge in [-0.05, 0) is 20.3 Å². The maximum absolute atomic E-state index is 11.8. The fourth-order valence-corrected chi connectivity index (χ4v) is 1.27. The zero-order valence-corrected chi connectivity index (χ0v) is 9.76. The van der Waals surface area contributed by atoms with E-state index in [1.54, 1.807) is 0 Å². The Hall–Kier alpha value is -0.330. The van der Waals surface area contributed by atoms with Crippen molar-refractivity contribution in [2.24, 2.45) is 0 Å². The highest BCUT2D eigenvalue weighted by Gasteiger charge is 2.27. The molecule has 0 aliphatic carbocycles. The fraction of sp³-hybridized carbons (Fsp3) is 1.00. The summed E-state index contributed by atoms with van der Waals surface area (Å²) >= 11 is 0. The van der Waals surface area contributed by atoms with Crippen LogP contribution in [0.15, 0.2) is 0 Å². The predicted molar refractivity (Wildman–Crippen MR) is 55.3 cm³/mol. The third-order valence-corrected chi connectivity index (χ3v) is 2.12. The Morgan fingerprint density at radius 3 is 2.31 bits per heavy atom. The zero-order chi connectivity index (χ0) is 12.6. The Kier molecular flexibility index (Phi) is 7.70. The lowest BCUT2D eigenvalue weighted by molar-refractivity contribution is -0.174. The Morgan fingerprint density at radius 1 is 1.25 bits per heavy atom. The molecule has 0 atom stereocenters. The van der Waals surface area contributed by atoms with E-state index in [1.165, 1.54) is 0 Å². The molecule has 16 heavy (non-hydrogen) atoms. The van der Waals surface area contributed by atoms with E-state index in [0.29, 0.717) is 19.5 Å². The Balaban J connectivity index is 3.68. The van der Waals surface area contributed by atoms with Crippen molar-refractivity contribution >= 4 is 0 Å². The number of hydrogen-bond donors (Lipinski definition) is 1. The molecular weight excluding hydrogens is 223 g/mol. The van der Waals surface area contributed by atoms with E-state index in [0.717, 1.165) is 0 Å². The highest BCUT2D eigenvalue weighted by Crippen LogP contribution is 2.14. The highest BCUT2D eigenvalue weighted by molar-refractivity contribution is 4.62. The third kappa shape index (κ3) is 8.94. The van der Waals surface area contributed by atoms with Gasteiger partial charge in [-0.25, -0.2) is 0 Å². The SMILES string of the molecule is CC(C)N(CCCO)CCOCC(F)(F)F. The lowest BCUT2D eigenvalue weighted by Gasteiger charge is -2.26. The van der Waals surface area contributed by atoms with Crippen molar-refractivity contribution in [1.82, 2.24) is 4.90 Å². The second-order valence-corrected chi connectivity index (χ2v) is 3.87. The second kappa shape index (κ2) is 7.86. The molecule has 0 unspecified atom stereocenters. The topological polar surface area (TPSA) is 32.7 Å². The summed E-state index contributed by atoms with van der Waals surface area (Å²) in [5.41, 5.74) is 0. The third-order valence-electron chi connectivity index (χ3n) is 2.12. The molecule has 0 saturated heterocycles. The lowest BCUT2D eigenvalue weighted by atomic mass is 10.3. The molecule has 0 radical (unpaired) electrons. The van der Waals surface area contributed by atoms with Crippen molar-refractivity contribution in [1.29, 1.82) is 0 Å². The highest BCUT2D eigenvalue weighted by atomic mass is 19.4. The Morgan fingerprint density at radius 2 is 1.88 bits per heavy atom. The van der Waals surface area contributed by atoms with Crippen LogP contribution < -0.4 is 0 Å². The summed E-state index contributed by atoms with van der Waals surface area (Å²) < 4.78 is 39.8. The number of aliphatic hydroxyl groups excluding tert-OH is 1. The molecule has 0 aromatic rings. The normalized spacial score (nSPS) is 12.8. The molecular formula is C10H20F3NO2. The van der Waals surface area contributed by atoms with E-state index in [4.69, 9.17) is 5.11 Å². The molecule has 0 aliphatic rings. The Bertz CT molecular complexity index is 174. The summed E-state index contributed by atoms with van der Waals surface area (Å²) in [5.74, 6) is 0. The predicted octanol–water partition coefficient (Wildman–Crippen LogP) is 1.66. The number of ether oxygens (including phenoxy) is 1. The van der Waals surface area contributed by atoms with Gasteiger partial charge in [-0.1, -0.05) is 0 Å². The van der Waals surface area contributed by atoms with Crippen LogP contribution in [-0.4, -0.2) is 55.1 Å². The quantitative estimate of drug-likeness (QED) is 0.658. The molecule has 0 aromatic carbocycles. The van der Waals surface area contributed by atoms with E-state index in [9.17, 15) is 13.2 Å². The summed E-state index contributed by atoms with van der Waals surface area (Å²) in [7, 11) is 0. The van der Waals surface area contributed by atoms with Crippen molar-refractivity contribution in [2.45, 2.75) is 32.5 Å². The summed E-state index contributed by atoms with van der Waals surface area (Å²) in [6, 6.07) is 0.237. The molecule has 98 valence electrons. The maximum Gasteiger partial charge on any atom is 0.411 e. The molecule has 1 N–H and O–H groups in total. The van der Waals surface area contributed by atoms with Gasteiger partial charge >= 0.3 is 6.18 Å². The van der Waals surface area contributed by atoms with Crippen molar-refractivity contribution in [3.05, 3.63) is 0 Å². The molecule has 0 heterocycles. The van der Waals surface area contributed by atoms with Gasteiger partial charge in [0.25, 0.3) is 0 Å². The first-order chi connectivity index (χ1) is 7.37. The van der Waals surface area contributed by atoms with Gasteiger partial charge in [0, 0.05) is 25.7 Å². The monoisotopic (exact) mass is 243 g/mol. The number of aliphatic hydroxyl groups is 1. The molecule has 0 aliphatic heterocycles. The van der Waals surface area contributed by atoms with E-state index >= 15 is 0 Å². The van der Waals surface area contributed by atoms with Crippen molar-refractivity contribution < 1.29 is 23.0 Å². The van der Waals surface area contributed by atoms with Gasteiger partial charge in [-0.3, -0.25) is 4.90 Å². The molecule has 0 rings (SSSR count). The summed E-state index contributed by atoms with van der Waals surface area (Å²) in [4.78, 5) is 1.98. The first-order valence-electron chi connectivity index (χ1n) is 5.36. The molecule has 0 fully saturated rings. The van der Waals surface area contributed by atoms with Crippen LogP contribution in [0.2, 0.25) is 0 Å². The van der Waals surface area contributed by atoms with Crippen LogP contribution in [0.25, 0.3) is 0 Å². The standard InChI is InChI=1S/C10H20F3NO2/c1-9(2)14(4-3-6-15)5-7-16-8-10(11,12)13/h9,15H,3-8H2,1-2H3. The lowest BCUT2D eigenvalue weighted by Crippen LogP contribution is -2.35. The minimum absolute atomic E-state index is 0.0586. The second-order valence-electron chi connectivity index (χ2n) is 3.87. The first-order valence-corrected chi connectivity index (χ1v) is 5.36. The summed E-state index contributed by atoms with van der Waals surface area (Å²) in [5, 5.41) is 8.67. The molecule has 0 spiro atoms. The van der Waals surface area contributed by atoms with Gasteiger partial charge in [0.2, 0.25) is 0 Å². The van der Waals surface area contributed by atoms with Gasteiger partial charge < -0.3 is 9.84 Å². The number of rotatable bonds is 8. The van der Waals surface area contributed by atoms with Crippen LogP contribution in [-0.2, 0) is 4.74 Å². The Labute approximate surface area is 94.2 Å². The van der Waals surface area contributed by atoms with Crippen LogP contribution in [0, 0.1) is 0 Å². The van der Waals surface area contributed by atoms with Crippen molar-refractivity contribution in [3.8, 4) is 0 Å². The number of alkyl halides is 3. The van der Waals surface area contributed by atoms with E-state index in [1.807, 2.05) is 18.7 Å². The molecule has 0 saturated carbocycles. The minimum Gasteiger partial charge on any atom is -0.396 e. The van der Waals surface area contributed by atoms with Crippen molar-refractivity contribution in [3.63, 3.8) is 0 Å². The van der Waals surface area contributed by atoms with Crippen LogP contribution in [0.4, 0.5) is 13.2 Å². The van der Waals surface area contributed by atoms with Crippen LogP contribution in [0.1, 0.15) is 20.3 Å². The smallest absolute Gasteiger partial charge is 0.396 e. The largest absolute Gasteiger partial charge is 0.411 e. The van der Waals surface area contributed by atoms with Crippen LogP contribution in [0.3, 0.4) is 0 Å². The molecule has 6 heteroatoms. The maximum atomic E-state index is 11.8. The summed E-state index contributed by atoms with van der Waals surface area (Å²) in [6.07, 6.45) is -3.63. The van der Waals surface area contributed by atoms with Crippen molar-refractivity contribution in [2.75, 3.05) is 32.9 Å².